The summed E-state index contributed by atoms with van der Waals surface area (Å²) in [5.74, 6) is 1.79. The minimum atomic E-state index is -0.523. The molecule has 0 rings (SSSR count). The molecular weight excluding hydrogens is 186 g/mol. The van der Waals surface area contributed by atoms with Crippen molar-refractivity contribution >= 4 is 8.96 Å². The summed E-state index contributed by atoms with van der Waals surface area (Å²) in [6.45, 7) is 13.0. The maximum Gasteiger partial charge on any atom is 0.102 e. The third-order valence-corrected chi connectivity index (χ3v) is 3.77. The molecule has 0 aromatic rings. The smallest absolute Gasteiger partial charge is 0.102 e. The Kier molecular flexibility index (Phi) is 8.59. The Morgan fingerprint density at radius 1 is 1.00 bits per heavy atom. The van der Waals surface area contributed by atoms with Gasteiger partial charge in [-0.15, -0.1) is 0 Å². The number of rotatable bonds is 8. The van der Waals surface area contributed by atoms with Crippen LogP contribution in [0.3, 0.4) is 0 Å². The van der Waals surface area contributed by atoms with Crippen molar-refractivity contribution < 1.29 is 0 Å². The van der Waals surface area contributed by atoms with E-state index < -0.39 is 8.96 Å². The lowest BCUT2D eigenvalue weighted by Crippen LogP contribution is -2.28. The van der Waals surface area contributed by atoms with Crippen molar-refractivity contribution in [2.24, 2.45) is 11.8 Å². The Hall–Kier alpha value is 0.177. The fourth-order valence-corrected chi connectivity index (χ4v) is 2.38. The molecule has 0 heterocycles. The normalized spacial score (nSPS) is 13.9. The average Bonchev–Trinajstić information content (AvgIpc) is 2.02. The number of hydrogen-bond acceptors (Lipinski definition) is 1. The molecule has 0 aliphatic rings. The first-order chi connectivity index (χ1) is 6.52. The van der Waals surface area contributed by atoms with Crippen LogP contribution >= 0.6 is 0 Å². The molecule has 0 aromatic heterocycles. The highest BCUT2D eigenvalue weighted by Gasteiger charge is 2.03. The van der Waals surface area contributed by atoms with Gasteiger partial charge in [-0.2, -0.15) is 0 Å². The largest absolute Gasteiger partial charge is 0.340 e. The molecule has 86 valence electrons. The minimum absolute atomic E-state index is 0.523. The summed E-state index contributed by atoms with van der Waals surface area (Å²) in [7, 11) is -0.523. The summed E-state index contributed by atoms with van der Waals surface area (Å²) in [5, 5.41) is 0. The molecule has 1 nitrogen and oxygen atoms in total. The van der Waals surface area contributed by atoms with E-state index in [1.165, 1.54) is 32.2 Å². The molecule has 0 saturated heterocycles. The van der Waals surface area contributed by atoms with Gasteiger partial charge in [0, 0.05) is 0 Å². The van der Waals surface area contributed by atoms with Gasteiger partial charge in [0.05, 0.1) is 0 Å². The van der Waals surface area contributed by atoms with Crippen molar-refractivity contribution in [2.75, 3.05) is 6.54 Å². The molecule has 14 heavy (non-hydrogen) atoms. The van der Waals surface area contributed by atoms with Crippen LogP contribution < -0.4 is 4.98 Å². The van der Waals surface area contributed by atoms with E-state index >= 15 is 0 Å². The van der Waals surface area contributed by atoms with Crippen molar-refractivity contribution in [3.8, 4) is 0 Å². The minimum Gasteiger partial charge on any atom is -0.340 e. The first kappa shape index (κ1) is 14.2. The zero-order valence-corrected chi connectivity index (χ0v) is 11.9. The third-order valence-electron chi connectivity index (χ3n) is 2.67. The summed E-state index contributed by atoms with van der Waals surface area (Å²) in [6, 6.07) is 0. The zero-order chi connectivity index (χ0) is 11.0. The second kappa shape index (κ2) is 8.48. The maximum atomic E-state index is 3.61. The van der Waals surface area contributed by atoms with Gasteiger partial charge in [-0.3, -0.25) is 0 Å². The van der Waals surface area contributed by atoms with Crippen molar-refractivity contribution in [3.05, 3.63) is 0 Å². The van der Waals surface area contributed by atoms with Crippen LogP contribution in [0.25, 0.3) is 0 Å². The van der Waals surface area contributed by atoms with Crippen LogP contribution in [0.1, 0.15) is 46.5 Å². The van der Waals surface area contributed by atoms with E-state index in [2.05, 4.69) is 38.8 Å². The van der Waals surface area contributed by atoms with Crippen LogP contribution in [0.4, 0.5) is 0 Å². The van der Waals surface area contributed by atoms with E-state index in [1.807, 2.05) is 0 Å². The van der Waals surface area contributed by atoms with E-state index in [4.69, 9.17) is 0 Å². The van der Waals surface area contributed by atoms with E-state index in [0.717, 1.165) is 11.8 Å². The fraction of sp³-hybridized carbons (Fsp3) is 1.00. The summed E-state index contributed by atoms with van der Waals surface area (Å²) < 4.78 is 0. The van der Waals surface area contributed by atoms with Gasteiger partial charge in [0.25, 0.3) is 0 Å². The van der Waals surface area contributed by atoms with E-state index in [0.29, 0.717) is 0 Å². The summed E-state index contributed by atoms with van der Waals surface area (Å²) in [4.78, 5) is 3.61. The lowest BCUT2D eigenvalue weighted by atomic mass is 9.97. The Morgan fingerprint density at radius 2 is 1.64 bits per heavy atom. The van der Waals surface area contributed by atoms with Gasteiger partial charge < -0.3 is 4.98 Å². The molecule has 1 unspecified atom stereocenters. The van der Waals surface area contributed by atoms with Gasteiger partial charge in [-0.1, -0.05) is 53.1 Å². The predicted molar refractivity (Wildman–Crippen MR) is 69.3 cm³/mol. The standard InChI is InChI=1S/C12H29NSi/c1-11(2)7-6-8-12(3)9-10-13-14(4)5/h11-14H,6-10H2,1-5H3. The number of hydrogen-bond donors (Lipinski definition) is 1. The molecule has 0 aliphatic heterocycles. The van der Waals surface area contributed by atoms with Crippen LogP contribution in [0, 0.1) is 11.8 Å². The molecule has 0 aliphatic carbocycles. The average molecular weight is 215 g/mol. The fourth-order valence-electron chi connectivity index (χ4n) is 1.64. The van der Waals surface area contributed by atoms with Crippen LogP contribution in [0.15, 0.2) is 0 Å². The first-order valence-corrected chi connectivity index (χ1v) is 9.14. The predicted octanol–water partition coefficient (Wildman–Crippen LogP) is 3.41. The molecule has 0 spiro atoms. The first-order valence-electron chi connectivity index (χ1n) is 6.25. The maximum absolute atomic E-state index is 3.61. The highest BCUT2D eigenvalue weighted by atomic mass is 28.3. The Bertz CT molecular complexity index is 109. The molecule has 0 amide bonds. The Morgan fingerprint density at radius 3 is 2.14 bits per heavy atom. The quantitative estimate of drug-likeness (QED) is 0.612. The monoisotopic (exact) mass is 215 g/mol. The summed E-state index contributed by atoms with van der Waals surface area (Å²) in [5.41, 5.74) is 0. The topological polar surface area (TPSA) is 12.0 Å². The van der Waals surface area contributed by atoms with E-state index in [-0.39, 0.29) is 0 Å². The number of nitrogens with one attached hydrogen (secondary N) is 1. The molecule has 0 fully saturated rings. The van der Waals surface area contributed by atoms with Gasteiger partial charge in [-0.05, 0) is 24.8 Å². The summed E-state index contributed by atoms with van der Waals surface area (Å²) in [6.07, 6.45) is 5.59. The lowest BCUT2D eigenvalue weighted by molar-refractivity contribution is 0.436. The SMILES string of the molecule is CC(C)CCCC(C)CCN[SiH](C)C. The highest BCUT2D eigenvalue weighted by Crippen LogP contribution is 2.14. The van der Waals surface area contributed by atoms with Crippen LogP contribution in [0.2, 0.25) is 13.1 Å². The lowest BCUT2D eigenvalue weighted by Gasteiger charge is -2.13. The highest BCUT2D eigenvalue weighted by molar-refractivity contribution is 6.52. The molecule has 0 radical (unpaired) electrons. The van der Waals surface area contributed by atoms with Crippen LogP contribution in [-0.2, 0) is 0 Å². The van der Waals surface area contributed by atoms with E-state index in [1.54, 1.807) is 0 Å². The van der Waals surface area contributed by atoms with Crippen molar-refractivity contribution in [1.29, 1.82) is 0 Å². The van der Waals surface area contributed by atoms with Gasteiger partial charge in [0.2, 0.25) is 0 Å². The van der Waals surface area contributed by atoms with Gasteiger partial charge in [0.1, 0.15) is 8.96 Å². The molecule has 0 saturated carbocycles. The molecule has 2 heteroatoms. The second-order valence-corrected chi connectivity index (χ2v) is 8.05. The Balaban J connectivity index is 3.23. The van der Waals surface area contributed by atoms with Crippen molar-refractivity contribution in [3.63, 3.8) is 0 Å². The van der Waals surface area contributed by atoms with Crippen LogP contribution in [0.5, 0.6) is 0 Å². The molecule has 1 atom stereocenters. The zero-order valence-electron chi connectivity index (χ0n) is 10.8. The van der Waals surface area contributed by atoms with Gasteiger partial charge in [0.15, 0.2) is 0 Å². The van der Waals surface area contributed by atoms with Crippen molar-refractivity contribution in [1.82, 2.24) is 4.98 Å². The molecule has 0 bridgehead atoms. The van der Waals surface area contributed by atoms with Crippen LogP contribution in [-0.4, -0.2) is 15.5 Å². The molecule has 1 N–H and O–H groups in total. The second-order valence-electron chi connectivity index (χ2n) is 5.33. The van der Waals surface area contributed by atoms with Gasteiger partial charge in [-0.25, -0.2) is 0 Å². The molecule has 0 aromatic carbocycles. The third kappa shape index (κ3) is 10.3. The Labute approximate surface area is 92.4 Å². The van der Waals surface area contributed by atoms with Crippen molar-refractivity contribution in [2.45, 2.75) is 59.5 Å². The molecular formula is C12H29NSi. The van der Waals surface area contributed by atoms with E-state index in [9.17, 15) is 0 Å². The summed E-state index contributed by atoms with van der Waals surface area (Å²) >= 11 is 0. The van der Waals surface area contributed by atoms with Gasteiger partial charge >= 0.3 is 0 Å².